The largest absolute Gasteiger partial charge is 0.306 e. The second kappa shape index (κ2) is 7.69. The number of carbonyl (C=O) groups excluding carboxylic acids is 3. The van der Waals surface area contributed by atoms with Gasteiger partial charge in [0.1, 0.15) is 10.8 Å². The van der Waals surface area contributed by atoms with Crippen molar-refractivity contribution in [3.8, 4) is 10.6 Å². The highest BCUT2D eigenvalue weighted by molar-refractivity contribution is 7.13. The predicted octanol–water partition coefficient (Wildman–Crippen LogP) is 2.66. The third kappa shape index (κ3) is 3.96. The van der Waals surface area contributed by atoms with Crippen LogP contribution >= 0.6 is 11.3 Å². The number of benzene rings is 1. The predicted molar refractivity (Wildman–Crippen MR) is 105 cm³/mol. The molecule has 8 heteroatoms. The minimum atomic E-state index is -0.339. The molecule has 0 saturated carbocycles. The summed E-state index contributed by atoms with van der Waals surface area (Å²) in [7, 11) is 0. The van der Waals surface area contributed by atoms with Crippen molar-refractivity contribution in [3.05, 3.63) is 65.3 Å². The van der Waals surface area contributed by atoms with Crippen LogP contribution in [-0.2, 0) is 16.0 Å². The summed E-state index contributed by atoms with van der Waals surface area (Å²) >= 11 is 1.44. The molecule has 0 radical (unpaired) electrons. The normalized spacial score (nSPS) is 16.1. The van der Waals surface area contributed by atoms with E-state index in [0.717, 1.165) is 16.1 Å². The molecule has 1 aliphatic rings. The van der Waals surface area contributed by atoms with E-state index in [1.54, 1.807) is 42.0 Å². The maximum atomic E-state index is 12.4. The van der Waals surface area contributed by atoms with Crippen LogP contribution < -0.4 is 10.6 Å². The number of hydrogen-bond donors (Lipinski definition) is 2. The molecule has 2 aromatic heterocycles. The summed E-state index contributed by atoms with van der Waals surface area (Å²) in [4.78, 5) is 43.8. The zero-order chi connectivity index (χ0) is 19.5. The molecule has 3 aromatic rings. The summed E-state index contributed by atoms with van der Waals surface area (Å²) in [5, 5.41) is 7.69. The standard InChI is InChI=1S/C20H16N4O3S/c25-17-10-15(19(27)24-17)9-12-1-3-13(4-2-12)18(26)22-16-11-28-20(23-16)14-5-7-21-8-6-14/h1-8,11,15H,9-10H2,(H,22,26)(H,24,25,27)/t15-/m0/s1. The van der Waals surface area contributed by atoms with E-state index in [-0.39, 0.29) is 30.1 Å². The monoisotopic (exact) mass is 392 g/mol. The van der Waals surface area contributed by atoms with Gasteiger partial charge in [0.25, 0.3) is 5.91 Å². The molecule has 0 aliphatic carbocycles. The van der Waals surface area contributed by atoms with Crippen LogP contribution in [0.3, 0.4) is 0 Å². The lowest BCUT2D eigenvalue weighted by molar-refractivity contribution is -0.125. The number of nitrogens with zero attached hydrogens (tertiary/aromatic N) is 2. The number of carbonyl (C=O) groups is 3. The first-order chi connectivity index (χ1) is 13.6. The van der Waals surface area contributed by atoms with E-state index in [1.165, 1.54) is 11.3 Å². The fourth-order valence-corrected chi connectivity index (χ4v) is 3.75. The van der Waals surface area contributed by atoms with Crippen molar-refractivity contribution >= 4 is 34.9 Å². The number of aromatic nitrogens is 2. The Labute approximate surface area is 164 Å². The average molecular weight is 392 g/mol. The van der Waals surface area contributed by atoms with Crippen molar-refractivity contribution < 1.29 is 14.4 Å². The van der Waals surface area contributed by atoms with Crippen LogP contribution in [0.4, 0.5) is 5.82 Å². The Bertz CT molecular complexity index is 1030. The summed E-state index contributed by atoms with van der Waals surface area (Å²) in [6, 6.07) is 10.7. The molecule has 3 amide bonds. The van der Waals surface area contributed by atoms with Gasteiger partial charge in [-0.05, 0) is 36.2 Å². The van der Waals surface area contributed by atoms with Crippen LogP contribution in [-0.4, -0.2) is 27.7 Å². The van der Waals surface area contributed by atoms with Crippen LogP contribution in [0.15, 0.2) is 54.2 Å². The van der Waals surface area contributed by atoms with Gasteiger partial charge in [-0.3, -0.25) is 24.7 Å². The number of imide groups is 1. The van der Waals surface area contributed by atoms with Gasteiger partial charge in [-0.15, -0.1) is 11.3 Å². The van der Waals surface area contributed by atoms with Gasteiger partial charge in [-0.1, -0.05) is 12.1 Å². The number of anilines is 1. The molecule has 28 heavy (non-hydrogen) atoms. The van der Waals surface area contributed by atoms with Crippen molar-refractivity contribution in [2.45, 2.75) is 12.8 Å². The number of nitrogens with one attached hydrogen (secondary N) is 2. The van der Waals surface area contributed by atoms with Gasteiger partial charge in [0.15, 0.2) is 0 Å². The Balaban J connectivity index is 1.39. The SMILES string of the molecule is O=C1C[C@H](Cc2ccc(C(=O)Nc3csc(-c4ccncc4)n3)cc2)C(=O)N1. The molecule has 4 rings (SSSR count). The Morgan fingerprint density at radius 3 is 2.57 bits per heavy atom. The van der Waals surface area contributed by atoms with Gasteiger partial charge in [0.2, 0.25) is 11.8 Å². The van der Waals surface area contributed by atoms with Crippen LogP contribution in [0.2, 0.25) is 0 Å². The highest BCUT2D eigenvalue weighted by atomic mass is 32.1. The first-order valence-electron chi connectivity index (χ1n) is 8.68. The van der Waals surface area contributed by atoms with Gasteiger partial charge in [-0.25, -0.2) is 4.98 Å². The maximum Gasteiger partial charge on any atom is 0.256 e. The quantitative estimate of drug-likeness (QED) is 0.650. The van der Waals surface area contributed by atoms with Crippen LogP contribution in [0.1, 0.15) is 22.3 Å². The van der Waals surface area contributed by atoms with E-state index in [4.69, 9.17) is 0 Å². The molecule has 0 unspecified atom stereocenters. The smallest absolute Gasteiger partial charge is 0.256 e. The Morgan fingerprint density at radius 2 is 1.89 bits per heavy atom. The maximum absolute atomic E-state index is 12.4. The number of rotatable bonds is 5. The molecule has 1 saturated heterocycles. The molecule has 2 N–H and O–H groups in total. The summed E-state index contributed by atoms with van der Waals surface area (Å²) in [6.45, 7) is 0. The van der Waals surface area contributed by atoms with E-state index in [9.17, 15) is 14.4 Å². The molecule has 1 fully saturated rings. The summed E-state index contributed by atoms with van der Waals surface area (Å²) in [5.74, 6) is -0.575. The third-order valence-corrected chi connectivity index (χ3v) is 5.33. The van der Waals surface area contributed by atoms with E-state index < -0.39 is 0 Å². The molecule has 0 spiro atoms. The second-order valence-corrected chi connectivity index (χ2v) is 7.30. The molecule has 1 aromatic carbocycles. The zero-order valence-corrected chi connectivity index (χ0v) is 15.5. The highest BCUT2D eigenvalue weighted by Gasteiger charge is 2.30. The molecular formula is C20H16N4O3S. The van der Waals surface area contributed by atoms with Crippen molar-refractivity contribution in [2.75, 3.05) is 5.32 Å². The number of pyridine rings is 1. The van der Waals surface area contributed by atoms with Gasteiger partial charge in [0.05, 0.1) is 5.92 Å². The first kappa shape index (κ1) is 18.0. The van der Waals surface area contributed by atoms with Gasteiger partial charge < -0.3 is 5.32 Å². The van der Waals surface area contributed by atoms with Gasteiger partial charge in [-0.2, -0.15) is 0 Å². The highest BCUT2D eigenvalue weighted by Crippen LogP contribution is 2.25. The minimum absolute atomic E-state index is 0.213. The fraction of sp³-hybridized carbons (Fsp3) is 0.150. The molecule has 140 valence electrons. The molecule has 1 aliphatic heterocycles. The number of hydrogen-bond acceptors (Lipinski definition) is 6. The lowest BCUT2D eigenvalue weighted by Crippen LogP contribution is -2.22. The Kier molecular flexibility index (Phi) is 4.94. The lowest BCUT2D eigenvalue weighted by atomic mass is 9.97. The van der Waals surface area contributed by atoms with Gasteiger partial charge >= 0.3 is 0 Å². The van der Waals surface area contributed by atoms with Crippen molar-refractivity contribution in [3.63, 3.8) is 0 Å². The average Bonchev–Trinajstić information content (AvgIpc) is 3.29. The molecule has 1 atom stereocenters. The zero-order valence-electron chi connectivity index (χ0n) is 14.7. The summed E-state index contributed by atoms with van der Waals surface area (Å²) in [5.41, 5.74) is 2.34. The molecule has 0 bridgehead atoms. The topological polar surface area (TPSA) is 101 Å². The van der Waals surface area contributed by atoms with Crippen LogP contribution in [0, 0.1) is 5.92 Å². The van der Waals surface area contributed by atoms with Crippen molar-refractivity contribution in [2.24, 2.45) is 5.92 Å². The van der Waals surface area contributed by atoms with Gasteiger partial charge in [0, 0.05) is 35.3 Å². The summed E-state index contributed by atoms with van der Waals surface area (Å²) < 4.78 is 0. The minimum Gasteiger partial charge on any atom is -0.306 e. The van der Waals surface area contributed by atoms with E-state index >= 15 is 0 Å². The Hall–Kier alpha value is -3.39. The summed E-state index contributed by atoms with van der Waals surface area (Å²) in [6.07, 6.45) is 4.08. The third-order valence-electron chi connectivity index (χ3n) is 4.44. The van der Waals surface area contributed by atoms with Crippen molar-refractivity contribution in [1.29, 1.82) is 0 Å². The van der Waals surface area contributed by atoms with Crippen LogP contribution in [0.5, 0.6) is 0 Å². The van der Waals surface area contributed by atoms with Crippen LogP contribution in [0.25, 0.3) is 10.6 Å². The molecule has 7 nitrogen and oxygen atoms in total. The van der Waals surface area contributed by atoms with E-state index in [2.05, 4.69) is 20.6 Å². The van der Waals surface area contributed by atoms with Crippen molar-refractivity contribution in [1.82, 2.24) is 15.3 Å². The molecule has 3 heterocycles. The lowest BCUT2D eigenvalue weighted by Gasteiger charge is -2.07. The second-order valence-electron chi connectivity index (χ2n) is 6.44. The first-order valence-corrected chi connectivity index (χ1v) is 9.56. The Morgan fingerprint density at radius 1 is 1.14 bits per heavy atom. The molecular weight excluding hydrogens is 376 g/mol. The fourth-order valence-electron chi connectivity index (χ4n) is 3.00. The van der Waals surface area contributed by atoms with E-state index in [1.807, 2.05) is 12.1 Å². The van der Waals surface area contributed by atoms with E-state index in [0.29, 0.717) is 17.8 Å². The number of thiazole rings is 1. The number of amides is 3.